The molecule has 0 aliphatic heterocycles. The molecule has 178 valence electrons. The molecule has 1 amide bonds. The number of anilines is 1. The van der Waals surface area contributed by atoms with Crippen molar-refractivity contribution in [3.8, 4) is 22.8 Å². The Balaban J connectivity index is 1.35. The Morgan fingerprint density at radius 3 is 2.37 bits per heavy atom. The second-order valence-corrected chi connectivity index (χ2v) is 8.86. The van der Waals surface area contributed by atoms with Gasteiger partial charge in [0.2, 0.25) is 5.91 Å². The second-order valence-electron chi connectivity index (χ2n) is 8.28. The van der Waals surface area contributed by atoms with Crippen LogP contribution < -0.4 is 10.1 Å². The lowest BCUT2D eigenvalue weighted by atomic mass is 9.98. The van der Waals surface area contributed by atoms with Crippen molar-refractivity contribution < 1.29 is 9.53 Å². The van der Waals surface area contributed by atoms with Crippen LogP contribution in [0.5, 0.6) is 5.75 Å². The molecule has 6 nitrogen and oxygen atoms in total. The molecule has 1 N–H and O–H groups in total. The molecule has 0 saturated carbocycles. The van der Waals surface area contributed by atoms with E-state index < -0.39 is 0 Å². The molecule has 0 bridgehead atoms. The summed E-state index contributed by atoms with van der Waals surface area (Å²) in [5, 5.41) is 7.44. The van der Waals surface area contributed by atoms with E-state index >= 15 is 0 Å². The first-order valence-electron chi connectivity index (χ1n) is 11.3. The largest absolute Gasteiger partial charge is 0.497 e. The van der Waals surface area contributed by atoms with Crippen LogP contribution in [-0.4, -0.2) is 27.8 Å². The van der Waals surface area contributed by atoms with E-state index in [1.54, 1.807) is 24.2 Å². The van der Waals surface area contributed by atoms with E-state index in [9.17, 15) is 4.79 Å². The van der Waals surface area contributed by atoms with Gasteiger partial charge in [-0.15, -0.1) is 17.7 Å². The van der Waals surface area contributed by atoms with E-state index in [0.29, 0.717) is 17.9 Å². The summed E-state index contributed by atoms with van der Waals surface area (Å²) >= 11 is 4.52. The van der Waals surface area contributed by atoms with Crippen LogP contribution in [0.3, 0.4) is 0 Å². The number of carbonyl (C=O) groups excluding carboxylic acids is 1. The third-order valence-electron chi connectivity index (χ3n) is 5.81. The molecule has 35 heavy (non-hydrogen) atoms. The van der Waals surface area contributed by atoms with Gasteiger partial charge >= 0.3 is 0 Å². The number of rotatable bonds is 8. The molecular formula is C28H28N4O2S. The Labute approximate surface area is 211 Å². The van der Waals surface area contributed by atoms with Gasteiger partial charge in [-0.3, -0.25) is 4.79 Å². The molecular weight excluding hydrogens is 456 g/mol. The van der Waals surface area contributed by atoms with Crippen LogP contribution in [0, 0.1) is 13.8 Å². The Morgan fingerprint density at radius 1 is 1.03 bits per heavy atom. The number of hydrogen-bond acceptors (Lipinski definition) is 5. The van der Waals surface area contributed by atoms with Crippen LogP contribution in [0.15, 0.2) is 84.0 Å². The van der Waals surface area contributed by atoms with E-state index in [2.05, 4.69) is 60.1 Å². The van der Waals surface area contributed by atoms with Gasteiger partial charge in [-0.25, -0.2) is 9.67 Å². The number of benzene rings is 3. The maximum absolute atomic E-state index is 12.5. The number of methoxy groups -OCH3 is 1. The Kier molecular flexibility index (Phi) is 7.67. The van der Waals surface area contributed by atoms with Gasteiger partial charge in [0.1, 0.15) is 12.1 Å². The minimum Gasteiger partial charge on any atom is -0.497 e. The van der Waals surface area contributed by atoms with Crippen LogP contribution >= 0.6 is 12.6 Å². The molecule has 3 aromatic carbocycles. The number of aromatic nitrogens is 3. The number of nitrogens with one attached hydrogen (secondary N) is 1. The van der Waals surface area contributed by atoms with E-state index in [4.69, 9.17) is 4.74 Å². The summed E-state index contributed by atoms with van der Waals surface area (Å²) < 4.78 is 6.91. The molecule has 0 unspecified atom stereocenters. The standard InChI is InChI=1S/C28H28N4O2S/c1-19-5-4-6-20(2)26(19)16-15-25(35)17-27(33)30-22-9-7-21(8-10-22)28-29-18-32(31-28)23-11-13-24(34-3)14-12-23/h4-14,17-18,35H,15-16H2,1-3H3,(H,30,33)/b25-17-. The fraction of sp³-hybridized carbons (Fsp3) is 0.179. The number of carbonyl (C=O) groups is 1. The van der Waals surface area contributed by atoms with Crippen LogP contribution in [0.4, 0.5) is 5.69 Å². The molecule has 0 aliphatic carbocycles. The number of amides is 1. The fourth-order valence-corrected chi connectivity index (χ4v) is 4.08. The van der Waals surface area contributed by atoms with Crippen molar-refractivity contribution in [2.45, 2.75) is 26.7 Å². The quantitative estimate of drug-likeness (QED) is 0.240. The topological polar surface area (TPSA) is 69.0 Å². The van der Waals surface area contributed by atoms with Gasteiger partial charge in [-0.1, -0.05) is 18.2 Å². The molecule has 0 atom stereocenters. The molecule has 0 saturated heterocycles. The van der Waals surface area contributed by atoms with Crippen LogP contribution in [0.2, 0.25) is 0 Å². The Morgan fingerprint density at radius 2 is 1.71 bits per heavy atom. The maximum atomic E-state index is 12.5. The van der Waals surface area contributed by atoms with Crippen molar-refractivity contribution in [3.05, 3.63) is 101 Å². The highest BCUT2D eigenvalue weighted by molar-refractivity contribution is 7.84. The summed E-state index contributed by atoms with van der Waals surface area (Å²) in [5.41, 5.74) is 6.28. The number of ether oxygens (including phenoxy) is 1. The lowest BCUT2D eigenvalue weighted by Gasteiger charge is -2.09. The zero-order chi connectivity index (χ0) is 24.8. The summed E-state index contributed by atoms with van der Waals surface area (Å²) in [4.78, 5) is 17.6. The highest BCUT2D eigenvalue weighted by Crippen LogP contribution is 2.21. The minimum absolute atomic E-state index is 0.203. The third kappa shape index (κ3) is 6.19. The smallest absolute Gasteiger partial charge is 0.249 e. The van der Waals surface area contributed by atoms with Gasteiger partial charge in [0, 0.05) is 17.3 Å². The first-order valence-corrected chi connectivity index (χ1v) is 11.8. The number of allylic oxidation sites excluding steroid dienone is 1. The summed E-state index contributed by atoms with van der Waals surface area (Å²) in [6.07, 6.45) is 4.78. The molecule has 1 heterocycles. The highest BCUT2D eigenvalue weighted by Gasteiger charge is 2.08. The Hall–Kier alpha value is -3.84. The average Bonchev–Trinajstić information content (AvgIpc) is 3.34. The lowest BCUT2D eigenvalue weighted by Crippen LogP contribution is -2.08. The van der Waals surface area contributed by atoms with Crippen molar-refractivity contribution in [2.75, 3.05) is 12.4 Å². The number of hydrogen-bond donors (Lipinski definition) is 2. The summed E-state index contributed by atoms with van der Waals surface area (Å²) in [6, 6.07) is 21.3. The normalized spacial score (nSPS) is 11.4. The van der Waals surface area contributed by atoms with Gasteiger partial charge in [0.25, 0.3) is 0 Å². The molecule has 0 spiro atoms. The van der Waals surface area contributed by atoms with Gasteiger partial charge in [0.05, 0.1) is 12.8 Å². The third-order valence-corrected chi connectivity index (χ3v) is 6.17. The summed E-state index contributed by atoms with van der Waals surface area (Å²) in [7, 11) is 1.63. The molecule has 0 fully saturated rings. The number of nitrogens with zero attached hydrogens (tertiary/aromatic N) is 3. The van der Waals surface area contributed by atoms with E-state index in [1.165, 1.54) is 16.7 Å². The van der Waals surface area contributed by atoms with Crippen molar-refractivity contribution in [1.29, 1.82) is 0 Å². The summed E-state index contributed by atoms with van der Waals surface area (Å²) in [6.45, 7) is 4.22. The lowest BCUT2D eigenvalue weighted by molar-refractivity contribution is -0.111. The second kappa shape index (κ2) is 11.1. The molecule has 0 aliphatic rings. The molecule has 7 heteroatoms. The maximum Gasteiger partial charge on any atom is 0.249 e. The minimum atomic E-state index is -0.203. The number of thiol groups is 1. The monoisotopic (exact) mass is 484 g/mol. The first-order chi connectivity index (χ1) is 16.9. The van der Waals surface area contributed by atoms with Gasteiger partial charge in [0.15, 0.2) is 5.82 Å². The first kappa shape index (κ1) is 24.3. The molecule has 1 aromatic heterocycles. The zero-order valence-corrected chi connectivity index (χ0v) is 20.9. The highest BCUT2D eigenvalue weighted by atomic mass is 32.1. The van der Waals surface area contributed by atoms with Crippen molar-refractivity contribution >= 4 is 24.2 Å². The fourth-order valence-electron chi connectivity index (χ4n) is 3.86. The van der Waals surface area contributed by atoms with Gasteiger partial charge in [-0.05, 0) is 96.8 Å². The van der Waals surface area contributed by atoms with E-state index in [0.717, 1.165) is 28.3 Å². The average molecular weight is 485 g/mol. The van der Waals surface area contributed by atoms with Crippen molar-refractivity contribution in [2.24, 2.45) is 0 Å². The van der Waals surface area contributed by atoms with Gasteiger partial charge < -0.3 is 10.1 Å². The molecule has 4 rings (SSSR count). The van der Waals surface area contributed by atoms with Crippen molar-refractivity contribution in [1.82, 2.24) is 14.8 Å². The molecule has 4 aromatic rings. The van der Waals surface area contributed by atoms with Crippen LogP contribution in [0.25, 0.3) is 17.1 Å². The van der Waals surface area contributed by atoms with Crippen LogP contribution in [-0.2, 0) is 11.2 Å². The zero-order valence-electron chi connectivity index (χ0n) is 20.0. The predicted molar refractivity (Wildman–Crippen MR) is 143 cm³/mol. The SMILES string of the molecule is COc1ccc(-n2cnc(-c3ccc(NC(=O)/C=C(\S)CCc4c(C)cccc4C)cc3)n2)cc1. The predicted octanol–water partition coefficient (Wildman–Crippen LogP) is 5.94. The van der Waals surface area contributed by atoms with Crippen LogP contribution in [0.1, 0.15) is 23.1 Å². The van der Waals surface area contributed by atoms with Crippen molar-refractivity contribution in [3.63, 3.8) is 0 Å². The number of aryl methyl sites for hydroxylation is 2. The van der Waals surface area contributed by atoms with E-state index in [-0.39, 0.29) is 5.91 Å². The van der Waals surface area contributed by atoms with Gasteiger partial charge in [-0.2, -0.15) is 0 Å². The van der Waals surface area contributed by atoms with E-state index in [1.807, 2.05) is 48.5 Å². The Bertz CT molecular complexity index is 1320. The molecule has 0 radical (unpaired) electrons. The summed E-state index contributed by atoms with van der Waals surface area (Å²) in [5.74, 6) is 1.18.